The standard InChI is InChI=1S/C34H48N6O5/c1-7-24-11-9-12-25(8-2)30(24)38-32(41)39-31-26-19-28(43-6)29(20-27(26)36-22-37-31)44-18-10-15-40-16-13-23(14-17-40)21-35-33(42)45-34(3,4)5/h9,11-12,19-20,22-23H,7-8,10,13-18,21H2,1-6H3,(H,35,42)(H2,36,37,38,39,41). The van der Waals surface area contributed by atoms with Crippen LogP contribution in [0.3, 0.4) is 0 Å². The molecule has 0 unspecified atom stereocenters. The lowest BCUT2D eigenvalue weighted by Crippen LogP contribution is -2.40. The van der Waals surface area contributed by atoms with E-state index in [9.17, 15) is 9.59 Å². The number of likely N-dealkylation sites (tertiary alicyclic amines) is 1. The Bertz CT molecular complexity index is 1430. The normalized spacial score (nSPS) is 14.2. The minimum absolute atomic E-state index is 0.352. The molecule has 0 saturated carbocycles. The summed E-state index contributed by atoms with van der Waals surface area (Å²) in [6, 6.07) is 9.32. The first kappa shape index (κ1) is 33.8. The number of ether oxygens (including phenoxy) is 3. The molecule has 0 spiro atoms. The van der Waals surface area contributed by atoms with Crippen molar-refractivity contribution < 1.29 is 23.8 Å². The molecule has 1 aromatic heterocycles. The van der Waals surface area contributed by atoms with Crippen molar-refractivity contribution in [1.82, 2.24) is 20.2 Å². The zero-order valence-electron chi connectivity index (χ0n) is 27.5. The number of aryl methyl sites for hydroxylation is 2. The summed E-state index contributed by atoms with van der Waals surface area (Å²) in [5.41, 5.74) is 3.15. The average Bonchev–Trinajstić information content (AvgIpc) is 3.01. The van der Waals surface area contributed by atoms with Crippen LogP contribution in [0.25, 0.3) is 10.9 Å². The average molecular weight is 621 g/mol. The number of nitrogens with zero attached hydrogens (tertiary/aromatic N) is 3. The van der Waals surface area contributed by atoms with E-state index in [4.69, 9.17) is 14.2 Å². The Hall–Kier alpha value is -4.12. The minimum Gasteiger partial charge on any atom is -0.493 e. The molecule has 0 aliphatic carbocycles. The van der Waals surface area contributed by atoms with Gasteiger partial charge in [0.1, 0.15) is 17.7 Å². The highest BCUT2D eigenvalue weighted by Crippen LogP contribution is 2.34. The molecule has 11 nitrogen and oxygen atoms in total. The van der Waals surface area contributed by atoms with E-state index < -0.39 is 5.60 Å². The van der Waals surface area contributed by atoms with Crippen LogP contribution in [-0.2, 0) is 17.6 Å². The molecule has 244 valence electrons. The van der Waals surface area contributed by atoms with Gasteiger partial charge in [-0.05, 0) is 89.1 Å². The monoisotopic (exact) mass is 620 g/mol. The first-order chi connectivity index (χ1) is 21.6. The number of alkyl carbamates (subject to hydrolysis) is 1. The number of urea groups is 1. The molecular formula is C34H48N6O5. The predicted molar refractivity (Wildman–Crippen MR) is 177 cm³/mol. The van der Waals surface area contributed by atoms with Crippen molar-refractivity contribution in [2.75, 3.05) is 50.5 Å². The van der Waals surface area contributed by atoms with E-state index in [1.165, 1.54) is 6.33 Å². The Kier molecular flexibility index (Phi) is 11.8. The molecule has 4 rings (SSSR count). The third-order valence-electron chi connectivity index (χ3n) is 7.91. The van der Waals surface area contributed by atoms with Gasteiger partial charge in [0.25, 0.3) is 0 Å². The molecular weight excluding hydrogens is 572 g/mol. The maximum Gasteiger partial charge on any atom is 0.407 e. The second kappa shape index (κ2) is 15.7. The van der Waals surface area contributed by atoms with Crippen molar-refractivity contribution in [2.24, 2.45) is 5.92 Å². The van der Waals surface area contributed by atoms with Crippen molar-refractivity contribution in [1.29, 1.82) is 0 Å². The fraction of sp³-hybridized carbons (Fsp3) is 0.529. The molecule has 45 heavy (non-hydrogen) atoms. The number of para-hydroxylation sites is 1. The Labute approximate surface area is 266 Å². The number of nitrogens with one attached hydrogen (secondary N) is 3. The highest BCUT2D eigenvalue weighted by Gasteiger charge is 2.22. The number of hydrogen-bond donors (Lipinski definition) is 3. The van der Waals surface area contributed by atoms with Gasteiger partial charge in [0.2, 0.25) is 0 Å². The topological polar surface area (TPSA) is 127 Å². The third kappa shape index (κ3) is 9.68. The van der Waals surface area contributed by atoms with E-state index in [1.54, 1.807) is 13.2 Å². The van der Waals surface area contributed by atoms with E-state index in [0.717, 1.165) is 68.6 Å². The zero-order chi connectivity index (χ0) is 32.4. The summed E-state index contributed by atoms with van der Waals surface area (Å²) in [5, 5.41) is 9.47. The molecule has 3 aromatic rings. The number of methoxy groups -OCH3 is 1. The smallest absolute Gasteiger partial charge is 0.407 e. The van der Waals surface area contributed by atoms with E-state index in [1.807, 2.05) is 45.0 Å². The first-order valence-electron chi connectivity index (χ1n) is 15.9. The van der Waals surface area contributed by atoms with Gasteiger partial charge in [0.15, 0.2) is 11.5 Å². The quantitative estimate of drug-likeness (QED) is 0.198. The van der Waals surface area contributed by atoms with Crippen LogP contribution in [0.4, 0.5) is 21.1 Å². The van der Waals surface area contributed by atoms with Crippen LogP contribution in [0.5, 0.6) is 11.5 Å². The molecule has 2 heterocycles. The Morgan fingerprint density at radius 3 is 2.36 bits per heavy atom. The van der Waals surface area contributed by atoms with Crippen LogP contribution in [0.2, 0.25) is 0 Å². The van der Waals surface area contributed by atoms with Crippen molar-refractivity contribution in [2.45, 2.75) is 72.3 Å². The molecule has 0 atom stereocenters. The van der Waals surface area contributed by atoms with Gasteiger partial charge in [-0.2, -0.15) is 0 Å². The highest BCUT2D eigenvalue weighted by atomic mass is 16.6. The second-order valence-corrected chi connectivity index (χ2v) is 12.3. The molecule has 0 bridgehead atoms. The number of anilines is 2. The van der Waals surface area contributed by atoms with Gasteiger partial charge in [0, 0.05) is 30.2 Å². The van der Waals surface area contributed by atoms with Crippen molar-refractivity contribution in [3.63, 3.8) is 0 Å². The summed E-state index contributed by atoms with van der Waals surface area (Å²) in [6.07, 6.45) is 5.63. The molecule has 1 fully saturated rings. The fourth-order valence-corrected chi connectivity index (χ4v) is 5.52. The van der Waals surface area contributed by atoms with E-state index in [2.05, 4.69) is 44.7 Å². The number of rotatable bonds is 12. The van der Waals surface area contributed by atoms with Crippen molar-refractivity contribution >= 4 is 34.5 Å². The molecule has 1 aliphatic heterocycles. The van der Waals surface area contributed by atoms with Crippen molar-refractivity contribution in [3.8, 4) is 11.5 Å². The molecule has 2 aromatic carbocycles. The van der Waals surface area contributed by atoms with Gasteiger partial charge in [-0.1, -0.05) is 32.0 Å². The second-order valence-electron chi connectivity index (χ2n) is 12.3. The van der Waals surface area contributed by atoms with Gasteiger partial charge in [-0.3, -0.25) is 5.32 Å². The number of amides is 3. The Morgan fingerprint density at radius 1 is 1.00 bits per heavy atom. The molecule has 1 aliphatic rings. The van der Waals surface area contributed by atoms with E-state index in [-0.39, 0.29) is 12.1 Å². The maximum atomic E-state index is 13.0. The lowest BCUT2D eigenvalue weighted by atomic mass is 9.97. The van der Waals surface area contributed by atoms with Crippen LogP contribution in [-0.4, -0.2) is 72.5 Å². The highest BCUT2D eigenvalue weighted by molar-refractivity contribution is 6.05. The summed E-state index contributed by atoms with van der Waals surface area (Å²) in [6.45, 7) is 13.8. The summed E-state index contributed by atoms with van der Waals surface area (Å²) >= 11 is 0. The van der Waals surface area contributed by atoms with Gasteiger partial charge in [0.05, 0.1) is 19.2 Å². The van der Waals surface area contributed by atoms with E-state index >= 15 is 0 Å². The maximum absolute atomic E-state index is 13.0. The number of aromatic nitrogens is 2. The lowest BCUT2D eigenvalue weighted by molar-refractivity contribution is 0.0509. The van der Waals surface area contributed by atoms with Crippen molar-refractivity contribution in [3.05, 3.63) is 47.8 Å². The number of carbonyl (C=O) groups is 2. The van der Waals surface area contributed by atoms with Gasteiger partial charge in [-0.15, -0.1) is 0 Å². The summed E-state index contributed by atoms with van der Waals surface area (Å²) in [7, 11) is 1.59. The number of hydrogen-bond acceptors (Lipinski definition) is 8. The zero-order valence-corrected chi connectivity index (χ0v) is 27.5. The van der Waals surface area contributed by atoms with Crippen LogP contribution in [0, 0.1) is 5.92 Å². The summed E-state index contributed by atoms with van der Waals surface area (Å²) in [5.74, 6) is 1.98. The molecule has 1 saturated heterocycles. The molecule has 11 heteroatoms. The first-order valence-corrected chi connectivity index (χ1v) is 15.9. The number of carbonyl (C=O) groups excluding carboxylic acids is 2. The van der Waals surface area contributed by atoms with Gasteiger partial charge in [-0.25, -0.2) is 19.6 Å². The SMILES string of the molecule is CCc1cccc(CC)c1NC(=O)Nc1ncnc2cc(OCCCN3CCC(CNC(=O)OC(C)(C)C)CC3)c(OC)cc12. The van der Waals surface area contributed by atoms with Crippen LogP contribution >= 0.6 is 0 Å². The van der Waals surface area contributed by atoms with Gasteiger partial charge >= 0.3 is 12.1 Å². The fourth-order valence-electron chi connectivity index (χ4n) is 5.52. The number of fused-ring (bicyclic) bond motifs is 1. The third-order valence-corrected chi connectivity index (χ3v) is 7.91. The molecule has 3 amide bonds. The van der Waals surface area contributed by atoms with Crippen LogP contribution in [0.1, 0.15) is 65.0 Å². The predicted octanol–water partition coefficient (Wildman–Crippen LogP) is 6.41. The number of benzene rings is 2. The minimum atomic E-state index is -0.487. The largest absolute Gasteiger partial charge is 0.493 e. The molecule has 3 N–H and O–H groups in total. The van der Waals surface area contributed by atoms with E-state index in [0.29, 0.717) is 47.3 Å². The summed E-state index contributed by atoms with van der Waals surface area (Å²) in [4.78, 5) is 36.2. The number of piperidine rings is 1. The van der Waals surface area contributed by atoms with Crippen LogP contribution in [0.15, 0.2) is 36.7 Å². The Balaban J connectivity index is 1.28. The molecule has 0 radical (unpaired) electrons. The summed E-state index contributed by atoms with van der Waals surface area (Å²) < 4.78 is 17.1. The van der Waals surface area contributed by atoms with Gasteiger partial charge < -0.3 is 29.7 Å². The Morgan fingerprint density at radius 2 is 1.71 bits per heavy atom. The lowest BCUT2D eigenvalue weighted by Gasteiger charge is -2.32. The van der Waals surface area contributed by atoms with Crippen LogP contribution < -0.4 is 25.4 Å².